The first-order chi connectivity index (χ1) is 7.35. The van der Waals surface area contributed by atoms with Crippen molar-refractivity contribution < 1.29 is 9.84 Å². The minimum absolute atomic E-state index is 0.240. The molecule has 2 rings (SSSR count). The summed E-state index contributed by atoms with van der Waals surface area (Å²) in [4.78, 5) is 3.60. The minimum atomic E-state index is 0.240. The predicted octanol–water partition coefficient (Wildman–Crippen LogP) is 1.71. The normalized spacial score (nSPS) is 15.9. The highest BCUT2D eigenvalue weighted by atomic mass is 32.1. The zero-order valence-electron chi connectivity index (χ0n) is 8.98. The van der Waals surface area contributed by atoms with Crippen molar-refractivity contribution in [3.8, 4) is 5.75 Å². The first kappa shape index (κ1) is 10.9. The molecular weight excluding hydrogens is 210 g/mol. The van der Waals surface area contributed by atoms with E-state index < -0.39 is 0 Å². The number of hydrogen-bond acceptors (Lipinski definition) is 4. The lowest BCUT2D eigenvalue weighted by molar-refractivity contribution is 0.183. The lowest BCUT2D eigenvalue weighted by atomic mass is 10.3. The van der Waals surface area contributed by atoms with Gasteiger partial charge in [-0.1, -0.05) is 0 Å². The van der Waals surface area contributed by atoms with E-state index in [2.05, 4.69) is 10.3 Å². The summed E-state index contributed by atoms with van der Waals surface area (Å²) in [5, 5.41) is 11.1. The van der Waals surface area contributed by atoms with E-state index in [1.807, 2.05) is 6.07 Å². The van der Waals surface area contributed by atoms with Gasteiger partial charge in [0.1, 0.15) is 5.75 Å². The second kappa shape index (κ2) is 4.96. The standard InChI is InChI=1S/C11H17NO2S/c1-14-10-4-7-15-11(10)8-12(5-6-13)9-2-3-9/h4,7,9,13H,2-3,5-6,8H2,1H3. The summed E-state index contributed by atoms with van der Waals surface area (Å²) in [5.74, 6) is 0.976. The molecule has 0 spiro atoms. The molecule has 15 heavy (non-hydrogen) atoms. The Labute approximate surface area is 94.3 Å². The molecule has 1 N–H and O–H groups in total. The summed E-state index contributed by atoms with van der Waals surface area (Å²) < 4.78 is 5.29. The highest BCUT2D eigenvalue weighted by Crippen LogP contribution is 2.32. The molecule has 1 aromatic rings. The maximum absolute atomic E-state index is 9.00. The molecule has 0 aromatic carbocycles. The second-order valence-corrected chi connectivity index (χ2v) is 4.84. The topological polar surface area (TPSA) is 32.7 Å². The van der Waals surface area contributed by atoms with Gasteiger partial charge < -0.3 is 9.84 Å². The van der Waals surface area contributed by atoms with E-state index in [9.17, 15) is 0 Å². The van der Waals surface area contributed by atoms with Gasteiger partial charge in [0.05, 0.1) is 18.6 Å². The smallest absolute Gasteiger partial charge is 0.134 e. The highest BCUT2D eigenvalue weighted by Gasteiger charge is 2.29. The van der Waals surface area contributed by atoms with Crippen LogP contribution in [0.1, 0.15) is 17.7 Å². The molecule has 0 amide bonds. The molecule has 0 atom stereocenters. The molecule has 84 valence electrons. The molecular formula is C11H17NO2S. The van der Waals surface area contributed by atoms with Gasteiger partial charge in [0.25, 0.3) is 0 Å². The molecule has 0 saturated heterocycles. The third-order valence-corrected chi connectivity index (χ3v) is 3.61. The van der Waals surface area contributed by atoms with Gasteiger partial charge in [-0.25, -0.2) is 0 Å². The van der Waals surface area contributed by atoms with E-state index in [1.54, 1.807) is 18.4 Å². The van der Waals surface area contributed by atoms with Crippen LogP contribution in [0.4, 0.5) is 0 Å². The summed E-state index contributed by atoms with van der Waals surface area (Å²) >= 11 is 1.73. The fourth-order valence-electron chi connectivity index (χ4n) is 1.77. The van der Waals surface area contributed by atoms with E-state index in [1.165, 1.54) is 17.7 Å². The van der Waals surface area contributed by atoms with Crippen molar-refractivity contribution in [2.75, 3.05) is 20.3 Å². The molecule has 1 saturated carbocycles. The number of nitrogens with zero attached hydrogens (tertiary/aromatic N) is 1. The summed E-state index contributed by atoms with van der Waals surface area (Å²) in [6, 6.07) is 2.69. The van der Waals surface area contributed by atoms with E-state index in [0.29, 0.717) is 6.04 Å². The number of thiophene rings is 1. The third-order valence-electron chi connectivity index (χ3n) is 2.72. The lowest BCUT2D eigenvalue weighted by Gasteiger charge is -2.20. The molecule has 1 aliphatic carbocycles. The summed E-state index contributed by atoms with van der Waals surface area (Å²) in [7, 11) is 1.71. The Hall–Kier alpha value is -0.580. The zero-order chi connectivity index (χ0) is 10.7. The van der Waals surface area contributed by atoms with E-state index in [0.717, 1.165) is 18.8 Å². The quantitative estimate of drug-likeness (QED) is 0.803. The van der Waals surface area contributed by atoms with Crippen LogP contribution in [0, 0.1) is 0 Å². The van der Waals surface area contributed by atoms with Gasteiger partial charge in [-0.15, -0.1) is 11.3 Å². The van der Waals surface area contributed by atoms with Gasteiger partial charge in [-0.05, 0) is 24.3 Å². The summed E-state index contributed by atoms with van der Waals surface area (Å²) in [5.41, 5.74) is 0. The number of hydrogen-bond donors (Lipinski definition) is 1. The average molecular weight is 227 g/mol. The van der Waals surface area contributed by atoms with Crippen molar-refractivity contribution >= 4 is 11.3 Å². The van der Waals surface area contributed by atoms with Crippen molar-refractivity contribution in [2.24, 2.45) is 0 Å². The van der Waals surface area contributed by atoms with Crippen LogP contribution >= 0.6 is 11.3 Å². The van der Waals surface area contributed by atoms with Crippen LogP contribution in [-0.4, -0.2) is 36.3 Å². The molecule has 1 aliphatic rings. The van der Waals surface area contributed by atoms with Crippen molar-refractivity contribution in [1.29, 1.82) is 0 Å². The predicted molar refractivity (Wildman–Crippen MR) is 61.4 cm³/mol. The van der Waals surface area contributed by atoms with Gasteiger partial charge in [0, 0.05) is 19.1 Å². The minimum Gasteiger partial charge on any atom is -0.496 e. The van der Waals surface area contributed by atoms with Gasteiger partial charge in [0.15, 0.2) is 0 Å². The first-order valence-electron chi connectivity index (χ1n) is 5.30. The number of aliphatic hydroxyl groups is 1. The zero-order valence-corrected chi connectivity index (χ0v) is 9.80. The molecule has 0 radical (unpaired) electrons. The lowest BCUT2D eigenvalue weighted by Crippen LogP contribution is -2.28. The molecule has 0 bridgehead atoms. The highest BCUT2D eigenvalue weighted by molar-refractivity contribution is 7.10. The van der Waals surface area contributed by atoms with Crippen molar-refractivity contribution in [2.45, 2.75) is 25.4 Å². The summed E-state index contributed by atoms with van der Waals surface area (Å²) in [6.45, 7) is 1.92. The maximum atomic E-state index is 9.00. The fraction of sp³-hybridized carbons (Fsp3) is 0.636. The van der Waals surface area contributed by atoms with Crippen LogP contribution < -0.4 is 4.74 Å². The fourth-order valence-corrected chi connectivity index (χ4v) is 2.63. The van der Waals surface area contributed by atoms with Crippen LogP contribution in [-0.2, 0) is 6.54 Å². The molecule has 4 heteroatoms. The Bertz CT molecular complexity index is 309. The Balaban J connectivity index is 1.98. The Morgan fingerprint density at radius 2 is 2.40 bits per heavy atom. The SMILES string of the molecule is COc1ccsc1CN(CCO)C1CC1. The molecule has 1 heterocycles. The molecule has 3 nitrogen and oxygen atoms in total. The first-order valence-corrected chi connectivity index (χ1v) is 6.18. The molecule has 0 unspecified atom stereocenters. The van der Waals surface area contributed by atoms with Crippen molar-refractivity contribution in [1.82, 2.24) is 4.90 Å². The number of rotatable bonds is 6. The van der Waals surface area contributed by atoms with E-state index in [-0.39, 0.29) is 6.61 Å². The van der Waals surface area contributed by atoms with Crippen molar-refractivity contribution in [3.63, 3.8) is 0 Å². The third kappa shape index (κ3) is 2.71. The molecule has 0 aliphatic heterocycles. The maximum Gasteiger partial charge on any atom is 0.134 e. The Kier molecular flexibility index (Phi) is 3.61. The number of ether oxygens (including phenoxy) is 1. The van der Waals surface area contributed by atoms with Gasteiger partial charge in [-0.2, -0.15) is 0 Å². The van der Waals surface area contributed by atoms with E-state index in [4.69, 9.17) is 9.84 Å². The molecule has 1 aromatic heterocycles. The number of aliphatic hydroxyl groups excluding tert-OH is 1. The monoisotopic (exact) mass is 227 g/mol. The van der Waals surface area contributed by atoms with Crippen molar-refractivity contribution in [3.05, 3.63) is 16.3 Å². The molecule has 1 fully saturated rings. The van der Waals surface area contributed by atoms with Crippen LogP contribution in [0.2, 0.25) is 0 Å². The number of methoxy groups -OCH3 is 1. The van der Waals surface area contributed by atoms with Crippen LogP contribution in [0.3, 0.4) is 0 Å². The van der Waals surface area contributed by atoms with Crippen LogP contribution in [0.25, 0.3) is 0 Å². The average Bonchev–Trinajstić information content (AvgIpc) is 2.99. The summed E-state index contributed by atoms with van der Waals surface area (Å²) in [6.07, 6.45) is 2.54. The Morgan fingerprint density at radius 1 is 1.60 bits per heavy atom. The van der Waals surface area contributed by atoms with Crippen LogP contribution in [0.15, 0.2) is 11.4 Å². The van der Waals surface area contributed by atoms with Gasteiger partial charge in [0.2, 0.25) is 0 Å². The second-order valence-electron chi connectivity index (χ2n) is 3.84. The van der Waals surface area contributed by atoms with Gasteiger partial charge in [-0.3, -0.25) is 4.90 Å². The van der Waals surface area contributed by atoms with Gasteiger partial charge >= 0.3 is 0 Å². The van der Waals surface area contributed by atoms with Crippen LogP contribution in [0.5, 0.6) is 5.75 Å². The largest absolute Gasteiger partial charge is 0.496 e. The Morgan fingerprint density at radius 3 is 3.00 bits per heavy atom. The van der Waals surface area contributed by atoms with E-state index >= 15 is 0 Å².